The second kappa shape index (κ2) is 14.3. The summed E-state index contributed by atoms with van der Waals surface area (Å²) in [5, 5.41) is 3.83. The number of aromatic nitrogens is 2. The van der Waals surface area contributed by atoms with Crippen LogP contribution in [0.25, 0.3) is 32.7 Å². The summed E-state index contributed by atoms with van der Waals surface area (Å²) in [6.07, 6.45) is 8.09. The Kier molecular flexibility index (Phi) is 8.74. The van der Waals surface area contributed by atoms with Gasteiger partial charge in [-0.15, -0.1) is 22.8 Å². The zero-order valence-electron chi connectivity index (χ0n) is 37.8. The first-order chi connectivity index (χ1) is 32.0. The summed E-state index contributed by atoms with van der Waals surface area (Å²) in [6.45, 7) is 12.7. The Morgan fingerprint density at radius 1 is 0.448 bits per heavy atom. The van der Waals surface area contributed by atoms with Crippen LogP contribution in [-0.4, -0.2) is 23.0 Å². The third-order valence-corrected chi connectivity index (χ3v) is 14.8. The van der Waals surface area contributed by atoms with Crippen molar-refractivity contribution in [3.63, 3.8) is 0 Å². The second-order valence-corrected chi connectivity index (χ2v) is 18.7. The van der Waals surface area contributed by atoms with Gasteiger partial charge in [0.25, 0.3) is 0 Å². The third kappa shape index (κ3) is 5.27. The number of allylic oxidation sites excluding steroid dienone is 4. The van der Waals surface area contributed by atoms with E-state index in [1.54, 1.807) is 0 Å². The first-order valence-electron chi connectivity index (χ1n) is 22.6. The molecule has 3 aliphatic heterocycles. The Bertz CT molecular complexity index is 3620. The van der Waals surface area contributed by atoms with E-state index in [1.165, 1.54) is 0 Å². The molecule has 1 radical (unpaired) electrons. The van der Waals surface area contributed by atoms with E-state index in [0.717, 1.165) is 88.3 Å². The van der Waals surface area contributed by atoms with E-state index in [2.05, 4.69) is 102 Å². The van der Waals surface area contributed by atoms with Gasteiger partial charge >= 0.3 is 17.1 Å². The number of rotatable bonds is 2. The summed E-state index contributed by atoms with van der Waals surface area (Å²) in [6, 6.07) is 41.1. The molecule has 0 saturated heterocycles. The molecule has 0 fully saturated rings. The summed E-state index contributed by atoms with van der Waals surface area (Å²) in [5.74, 6) is -0.118. The first kappa shape index (κ1) is 41.0. The number of hydrogen-bond acceptors (Lipinski definition) is 4. The quantitative estimate of drug-likeness (QED) is 0.162. The molecule has 2 aliphatic carbocycles. The van der Waals surface area contributed by atoms with Crippen LogP contribution < -0.4 is 9.97 Å². The number of nitrogens with zero attached hydrogens (tertiary/aromatic N) is 4. The molecule has 2 unspecified atom stereocenters. The van der Waals surface area contributed by atoms with Crippen molar-refractivity contribution in [2.75, 3.05) is 0 Å². The van der Waals surface area contributed by atoms with Crippen LogP contribution in [0, 0.1) is 41.5 Å². The largest absolute Gasteiger partial charge is 2.00 e. The minimum Gasteiger partial charge on any atom is -0.659 e. The molecule has 0 amide bonds. The molecule has 5 aliphatic rings. The molecule has 6 aromatic carbocycles. The summed E-state index contributed by atoms with van der Waals surface area (Å²) in [4.78, 5) is 53.8. The molecule has 2 aromatic heterocycles. The Balaban J connectivity index is 0.00000468. The normalized spacial score (nSPS) is 21.9. The predicted molar refractivity (Wildman–Crippen MR) is 264 cm³/mol. The molecule has 2 spiro atoms. The Morgan fingerprint density at radius 2 is 0.836 bits per heavy atom. The van der Waals surface area contributed by atoms with E-state index in [4.69, 9.17) is 20.0 Å². The maximum Gasteiger partial charge on any atom is 2.00 e. The van der Waals surface area contributed by atoms with Gasteiger partial charge in [0.05, 0.1) is 28.2 Å². The molecule has 8 aromatic rings. The topological polar surface area (TPSA) is 87.1 Å². The van der Waals surface area contributed by atoms with E-state index in [-0.39, 0.29) is 28.6 Å². The monoisotopic (exact) mass is 913 g/mol. The number of benzene rings is 6. The van der Waals surface area contributed by atoms with Crippen molar-refractivity contribution in [2.24, 2.45) is 9.98 Å². The van der Waals surface area contributed by atoms with Crippen molar-refractivity contribution in [3.05, 3.63) is 247 Å². The maximum absolute atomic E-state index is 15.7. The van der Waals surface area contributed by atoms with Crippen LogP contribution in [0.1, 0.15) is 99.1 Å². The maximum atomic E-state index is 15.7. The van der Waals surface area contributed by atoms with E-state index in [0.29, 0.717) is 56.7 Å². The molecular weight excluding hydrogens is 872 g/mol. The van der Waals surface area contributed by atoms with Gasteiger partial charge in [-0.05, 0) is 143 Å². The molecule has 6 nitrogen and oxygen atoms in total. The molecule has 67 heavy (non-hydrogen) atoms. The van der Waals surface area contributed by atoms with Gasteiger partial charge in [-0.2, -0.15) is 0 Å². The van der Waals surface area contributed by atoms with Crippen LogP contribution in [-0.2, 0) is 27.9 Å². The second-order valence-electron chi connectivity index (χ2n) is 18.7. The summed E-state index contributed by atoms with van der Waals surface area (Å²) >= 11 is 0. The Labute approximate surface area is 399 Å². The zero-order valence-corrected chi connectivity index (χ0v) is 38.7. The molecular formula is C60H42CuN4O2. The summed E-state index contributed by atoms with van der Waals surface area (Å²) in [5.41, 5.74) is 15.7. The number of fused-ring (bicyclic) bond motifs is 12. The fraction of sp³-hybridized carbons (Fsp3) is 0.133. The average molecular weight is 915 g/mol. The van der Waals surface area contributed by atoms with Gasteiger partial charge < -0.3 is 9.97 Å². The molecule has 5 heterocycles. The number of ketones is 2. The Hall–Kier alpha value is -7.44. The van der Waals surface area contributed by atoms with Gasteiger partial charge in [0.1, 0.15) is 5.41 Å². The van der Waals surface area contributed by atoms with Gasteiger partial charge in [-0.1, -0.05) is 132 Å². The van der Waals surface area contributed by atoms with Gasteiger partial charge in [-0.3, -0.25) is 19.6 Å². The van der Waals surface area contributed by atoms with Gasteiger partial charge in [0, 0.05) is 11.1 Å². The van der Waals surface area contributed by atoms with Crippen LogP contribution in [0.15, 0.2) is 167 Å². The van der Waals surface area contributed by atoms with Crippen LogP contribution in [0.5, 0.6) is 0 Å². The fourth-order valence-electron chi connectivity index (χ4n) is 12.4. The molecule has 2 atom stereocenters. The standard InChI is InChI=1S/C60H42N4O2.Cu/c1-31-27-33(3)51(34(4)28-31)55-43-19-23-47(61-43)59(41-17-9-13-37-11-7-15-39(53(37)41)57(59)65)49-25-21-45(63-49)56(52-35(5)29-32(2)30-36(52)6)46-22-26-50(64-46)60(48-24-20-44(55)62-48)42-18-10-14-38-12-8-16-40(54(38)42)58(60)66;/h7-30H,1-6H3;/q-2;+2. The van der Waals surface area contributed by atoms with E-state index in [9.17, 15) is 0 Å². The van der Waals surface area contributed by atoms with Gasteiger partial charge in [0.15, 0.2) is 11.6 Å². The number of aliphatic imine (C=N–C) groups is 2. The van der Waals surface area contributed by atoms with Gasteiger partial charge in [0.2, 0.25) is 0 Å². The SMILES string of the molecule is Cc1cc(C)c(/C2=C3\C=CC(=N3)C3(C(=O)c4cccc5cccc3c45)C3=N/C(=C(\c4c(C)cc(C)cc4C)c4ccc([n-]4)C4(C(=O)c5cccc6cccc4c56)c4ccc2[n-]4)C=C3)c(C)c1.[Cu+2]. The first-order valence-corrected chi connectivity index (χ1v) is 22.6. The molecule has 13 rings (SSSR count). The number of carbonyl (C=O) groups is 2. The number of carbonyl (C=O) groups excluding carboxylic acids is 2. The molecule has 8 bridgehead atoms. The molecule has 0 saturated carbocycles. The van der Waals surface area contributed by atoms with E-state index < -0.39 is 10.8 Å². The van der Waals surface area contributed by atoms with Crippen LogP contribution in [0.2, 0.25) is 0 Å². The van der Waals surface area contributed by atoms with Crippen LogP contribution >= 0.6 is 0 Å². The minimum absolute atomic E-state index is 0. The van der Waals surface area contributed by atoms with E-state index >= 15 is 9.59 Å². The fourth-order valence-corrected chi connectivity index (χ4v) is 12.4. The van der Waals surface area contributed by atoms with Crippen molar-refractivity contribution in [1.82, 2.24) is 9.97 Å². The van der Waals surface area contributed by atoms with Crippen molar-refractivity contribution >= 4 is 55.7 Å². The van der Waals surface area contributed by atoms with Crippen molar-refractivity contribution in [3.8, 4) is 0 Å². The average Bonchev–Trinajstić information content (AvgIpc) is 4.17. The van der Waals surface area contributed by atoms with Crippen LogP contribution in [0.4, 0.5) is 0 Å². The predicted octanol–water partition coefficient (Wildman–Crippen LogP) is 12.0. The van der Waals surface area contributed by atoms with E-state index in [1.807, 2.05) is 85.0 Å². The molecule has 325 valence electrons. The molecule has 7 heteroatoms. The van der Waals surface area contributed by atoms with Crippen molar-refractivity contribution < 1.29 is 26.7 Å². The summed E-state index contributed by atoms with van der Waals surface area (Å²) in [7, 11) is 0. The molecule has 0 N–H and O–H groups in total. The van der Waals surface area contributed by atoms with Crippen LogP contribution in [0.3, 0.4) is 0 Å². The summed E-state index contributed by atoms with van der Waals surface area (Å²) < 4.78 is 0. The zero-order chi connectivity index (χ0) is 45.0. The van der Waals surface area contributed by atoms with Crippen molar-refractivity contribution in [1.29, 1.82) is 0 Å². The number of Topliss-reactive ketones (excluding diaryl/α,β-unsaturated/α-hetero) is 2. The van der Waals surface area contributed by atoms with Crippen molar-refractivity contribution in [2.45, 2.75) is 52.4 Å². The van der Waals surface area contributed by atoms with Gasteiger partial charge in [-0.25, -0.2) is 0 Å². The smallest absolute Gasteiger partial charge is 0.659 e. The Morgan fingerprint density at radius 3 is 1.27 bits per heavy atom. The number of hydrogen-bond donors (Lipinski definition) is 0. The third-order valence-electron chi connectivity index (χ3n) is 14.8. The minimum atomic E-state index is -1.36. The number of aryl methyl sites for hydroxylation is 6.